The maximum atomic E-state index is 12.8. The van der Waals surface area contributed by atoms with Gasteiger partial charge in [-0.05, 0) is 12.1 Å². The second-order valence-corrected chi connectivity index (χ2v) is 2.33. The van der Waals surface area contributed by atoms with E-state index in [9.17, 15) is 9.18 Å². The molecular formula is C7H8FN3O. The number of rotatable bonds is 1. The van der Waals surface area contributed by atoms with Crippen molar-refractivity contribution in [1.82, 2.24) is 0 Å². The first-order chi connectivity index (χ1) is 5.52. The van der Waals surface area contributed by atoms with E-state index in [0.29, 0.717) is 0 Å². The molecule has 64 valence electrons. The zero-order valence-electron chi connectivity index (χ0n) is 6.17. The van der Waals surface area contributed by atoms with Crippen LogP contribution in [-0.2, 0) is 0 Å². The minimum Gasteiger partial charge on any atom is -0.397 e. The first-order valence-corrected chi connectivity index (χ1v) is 3.16. The van der Waals surface area contributed by atoms with Gasteiger partial charge in [0.2, 0.25) is 0 Å². The molecule has 0 aliphatic rings. The van der Waals surface area contributed by atoms with Gasteiger partial charge in [-0.2, -0.15) is 0 Å². The molecule has 0 heterocycles. The molecule has 12 heavy (non-hydrogen) atoms. The van der Waals surface area contributed by atoms with E-state index in [1.807, 2.05) is 0 Å². The third-order valence-electron chi connectivity index (χ3n) is 1.44. The van der Waals surface area contributed by atoms with Crippen molar-refractivity contribution in [2.45, 2.75) is 0 Å². The van der Waals surface area contributed by atoms with Crippen LogP contribution in [0.3, 0.4) is 0 Å². The van der Waals surface area contributed by atoms with Crippen molar-refractivity contribution in [3.05, 3.63) is 23.5 Å². The van der Waals surface area contributed by atoms with Crippen molar-refractivity contribution in [2.24, 2.45) is 5.73 Å². The van der Waals surface area contributed by atoms with Gasteiger partial charge in [-0.3, -0.25) is 4.79 Å². The lowest BCUT2D eigenvalue weighted by molar-refractivity contribution is 0.0996. The minimum absolute atomic E-state index is 0.0949. The summed E-state index contributed by atoms with van der Waals surface area (Å²) >= 11 is 0. The number of carbonyl (C=O) groups is 1. The van der Waals surface area contributed by atoms with Crippen LogP contribution in [0.2, 0.25) is 0 Å². The maximum Gasteiger partial charge on any atom is 0.251 e. The van der Waals surface area contributed by atoms with E-state index in [1.54, 1.807) is 0 Å². The highest BCUT2D eigenvalue weighted by molar-refractivity contribution is 5.95. The van der Waals surface area contributed by atoms with Gasteiger partial charge in [0.25, 0.3) is 5.91 Å². The monoisotopic (exact) mass is 169 g/mol. The first kappa shape index (κ1) is 8.32. The minimum atomic E-state index is -0.862. The average Bonchev–Trinajstić information content (AvgIpc) is 1.96. The highest BCUT2D eigenvalue weighted by Crippen LogP contribution is 2.19. The summed E-state index contributed by atoms with van der Waals surface area (Å²) in [4.78, 5) is 10.6. The normalized spacial score (nSPS) is 9.75. The fraction of sp³-hybridized carbons (Fsp3) is 0. The van der Waals surface area contributed by atoms with E-state index < -0.39 is 11.7 Å². The fourth-order valence-electron chi connectivity index (χ4n) is 0.794. The summed E-state index contributed by atoms with van der Waals surface area (Å²) in [6, 6.07) is 2.09. The third kappa shape index (κ3) is 1.29. The lowest BCUT2D eigenvalue weighted by Crippen LogP contribution is -2.14. The molecule has 0 aliphatic carbocycles. The number of nitrogen functional groups attached to an aromatic ring is 2. The number of anilines is 2. The predicted molar refractivity (Wildman–Crippen MR) is 43.7 cm³/mol. The lowest BCUT2D eigenvalue weighted by Gasteiger charge is -2.02. The Kier molecular flexibility index (Phi) is 1.86. The summed E-state index contributed by atoms with van der Waals surface area (Å²) < 4.78 is 12.8. The molecule has 0 aromatic heterocycles. The Bertz CT molecular complexity index is 338. The summed E-state index contributed by atoms with van der Waals surface area (Å²) in [6.07, 6.45) is 0. The van der Waals surface area contributed by atoms with Crippen LogP contribution in [-0.4, -0.2) is 5.91 Å². The number of amides is 1. The number of primary amides is 1. The highest BCUT2D eigenvalue weighted by Gasteiger charge is 2.09. The molecule has 0 fully saturated rings. The third-order valence-corrected chi connectivity index (χ3v) is 1.44. The van der Waals surface area contributed by atoms with Crippen molar-refractivity contribution in [1.29, 1.82) is 0 Å². The number of carbonyl (C=O) groups excluding carboxylic acids is 1. The molecule has 0 spiro atoms. The standard InChI is InChI=1S/C7H8FN3O/c8-4-2-6(10)5(9)1-3(4)7(11)12/h1-2H,9-10H2,(H2,11,12). The summed E-state index contributed by atoms with van der Waals surface area (Å²) in [5, 5.41) is 0. The summed E-state index contributed by atoms with van der Waals surface area (Å²) in [5.41, 5.74) is 15.4. The van der Waals surface area contributed by atoms with E-state index in [1.165, 1.54) is 0 Å². The highest BCUT2D eigenvalue weighted by atomic mass is 19.1. The largest absolute Gasteiger partial charge is 0.397 e. The van der Waals surface area contributed by atoms with Crippen LogP contribution in [0.5, 0.6) is 0 Å². The Morgan fingerprint density at radius 2 is 1.75 bits per heavy atom. The molecular weight excluding hydrogens is 161 g/mol. The molecule has 1 amide bonds. The van der Waals surface area contributed by atoms with Crippen LogP contribution in [0.1, 0.15) is 10.4 Å². The second kappa shape index (κ2) is 2.69. The van der Waals surface area contributed by atoms with E-state index >= 15 is 0 Å². The number of hydrogen-bond donors (Lipinski definition) is 3. The predicted octanol–water partition coefficient (Wildman–Crippen LogP) is 0.0890. The van der Waals surface area contributed by atoms with Gasteiger partial charge in [-0.1, -0.05) is 0 Å². The van der Waals surface area contributed by atoms with Gasteiger partial charge in [-0.25, -0.2) is 4.39 Å². The maximum absolute atomic E-state index is 12.8. The first-order valence-electron chi connectivity index (χ1n) is 3.16. The van der Waals surface area contributed by atoms with Crippen LogP contribution in [0, 0.1) is 5.82 Å². The smallest absolute Gasteiger partial charge is 0.251 e. The van der Waals surface area contributed by atoms with Gasteiger partial charge in [0.1, 0.15) is 5.82 Å². The van der Waals surface area contributed by atoms with Crippen LogP contribution >= 0.6 is 0 Å². The molecule has 0 unspecified atom stereocenters. The van der Waals surface area contributed by atoms with Crippen molar-refractivity contribution in [2.75, 3.05) is 11.5 Å². The Labute approximate surface area is 68.1 Å². The van der Waals surface area contributed by atoms with Crippen LogP contribution < -0.4 is 17.2 Å². The molecule has 0 atom stereocenters. The van der Waals surface area contributed by atoms with Crippen molar-refractivity contribution >= 4 is 17.3 Å². The lowest BCUT2D eigenvalue weighted by atomic mass is 10.1. The number of nitrogens with two attached hydrogens (primary N) is 3. The number of hydrogen-bond acceptors (Lipinski definition) is 3. The zero-order valence-corrected chi connectivity index (χ0v) is 6.17. The Balaban J connectivity index is 3.33. The van der Waals surface area contributed by atoms with Crippen LogP contribution in [0.25, 0.3) is 0 Å². The number of benzene rings is 1. The summed E-state index contributed by atoms with van der Waals surface area (Å²) in [6.45, 7) is 0. The molecule has 1 aromatic rings. The van der Waals surface area contributed by atoms with E-state index in [-0.39, 0.29) is 16.9 Å². The summed E-state index contributed by atoms with van der Waals surface area (Å²) in [5.74, 6) is -1.62. The topological polar surface area (TPSA) is 95.1 Å². The van der Waals surface area contributed by atoms with Gasteiger partial charge in [0, 0.05) is 0 Å². The van der Waals surface area contributed by atoms with Crippen molar-refractivity contribution in [3.63, 3.8) is 0 Å². The number of halogens is 1. The Morgan fingerprint density at radius 3 is 2.25 bits per heavy atom. The molecule has 6 N–H and O–H groups in total. The molecule has 0 aliphatic heterocycles. The Morgan fingerprint density at radius 1 is 1.25 bits per heavy atom. The molecule has 0 radical (unpaired) electrons. The molecule has 0 saturated carbocycles. The van der Waals surface area contributed by atoms with Crippen molar-refractivity contribution < 1.29 is 9.18 Å². The molecule has 4 nitrogen and oxygen atoms in total. The SMILES string of the molecule is NC(=O)c1cc(N)c(N)cc1F. The van der Waals surface area contributed by atoms with Crippen molar-refractivity contribution in [3.8, 4) is 0 Å². The van der Waals surface area contributed by atoms with Gasteiger partial charge in [-0.15, -0.1) is 0 Å². The van der Waals surface area contributed by atoms with E-state index in [0.717, 1.165) is 12.1 Å². The van der Waals surface area contributed by atoms with E-state index in [2.05, 4.69) is 0 Å². The second-order valence-electron chi connectivity index (χ2n) is 2.33. The quantitative estimate of drug-likeness (QED) is 0.520. The van der Waals surface area contributed by atoms with E-state index in [4.69, 9.17) is 17.2 Å². The molecule has 1 rings (SSSR count). The Hall–Kier alpha value is -1.78. The van der Waals surface area contributed by atoms with Gasteiger partial charge in [0.05, 0.1) is 16.9 Å². The summed E-state index contributed by atoms with van der Waals surface area (Å²) in [7, 11) is 0. The average molecular weight is 169 g/mol. The molecule has 1 aromatic carbocycles. The van der Waals surface area contributed by atoms with Gasteiger partial charge < -0.3 is 17.2 Å². The molecule has 0 bridgehead atoms. The fourth-order valence-corrected chi connectivity index (χ4v) is 0.794. The molecule has 5 heteroatoms. The van der Waals surface area contributed by atoms with Gasteiger partial charge in [0.15, 0.2) is 0 Å². The molecule has 0 saturated heterocycles. The van der Waals surface area contributed by atoms with Crippen LogP contribution in [0.4, 0.5) is 15.8 Å². The zero-order chi connectivity index (χ0) is 9.30. The van der Waals surface area contributed by atoms with Gasteiger partial charge >= 0.3 is 0 Å². The van der Waals surface area contributed by atoms with Crippen LogP contribution in [0.15, 0.2) is 12.1 Å².